The van der Waals surface area contributed by atoms with Gasteiger partial charge in [-0.2, -0.15) is 0 Å². The van der Waals surface area contributed by atoms with Gasteiger partial charge in [0, 0.05) is 11.4 Å². The topological polar surface area (TPSA) is 30.7 Å². The molecule has 136 valence electrons. The standard InChI is InChI=1S/C23H17N3S2/c1-2-11-19(12-3-1)26-22(21-14-7-15-27-21)24-25-23(26)28-16-18-10-6-9-17-8-4-5-13-20(17)18/h1-15H,16H2. The van der Waals surface area contributed by atoms with E-state index in [9.17, 15) is 0 Å². The number of thioether (sulfide) groups is 1. The van der Waals surface area contributed by atoms with Gasteiger partial charge < -0.3 is 0 Å². The maximum Gasteiger partial charge on any atom is 0.196 e. The summed E-state index contributed by atoms with van der Waals surface area (Å²) in [7, 11) is 0. The SMILES string of the molecule is c1ccc(-n2c(SCc3cccc4ccccc34)nnc2-c2cccs2)cc1. The molecular weight excluding hydrogens is 382 g/mol. The van der Waals surface area contributed by atoms with Gasteiger partial charge in [0.05, 0.1) is 4.88 Å². The van der Waals surface area contributed by atoms with Crippen molar-refractivity contribution in [2.24, 2.45) is 0 Å². The van der Waals surface area contributed by atoms with Crippen LogP contribution in [-0.2, 0) is 5.75 Å². The van der Waals surface area contributed by atoms with Crippen LogP contribution in [0.15, 0.2) is 95.5 Å². The van der Waals surface area contributed by atoms with Crippen molar-refractivity contribution in [3.63, 3.8) is 0 Å². The molecule has 0 fully saturated rings. The molecule has 0 unspecified atom stereocenters. The van der Waals surface area contributed by atoms with Gasteiger partial charge in [0.25, 0.3) is 0 Å². The van der Waals surface area contributed by atoms with Crippen molar-refractivity contribution in [1.29, 1.82) is 0 Å². The summed E-state index contributed by atoms with van der Waals surface area (Å²) < 4.78 is 2.15. The van der Waals surface area contributed by atoms with Crippen molar-refractivity contribution >= 4 is 33.9 Å². The van der Waals surface area contributed by atoms with Gasteiger partial charge in [0.1, 0.15) is 0 Å². The Kier molecular flexibility index (Phi) is 4.69. The van der Waals surface area contributed by atoms with E-state index in [-0.39, 0.29) is 0 Å². The fourth-order valence-electron chi connectivity index (χ4n) is 3.30. The maximum atomic E-state index is 4.53. The summed E-state index contributed by atoms with van der Waals surface area (Å²) in [6.07, 6.45) is 0. The lowest BCUT2D eigenvalue weighted by atomic mass is 10.1. The van der Waals surface area contributed by atoms with E-state index >= 15 is 0 Å². The van der Waals surface area contributed by atoms with E-state index in [0.29, 0.717) is 0 Å². The number of hydrogen-bond donors (Lipinski definition) is 0. The number of thiophene rings is 1. The van der Waals surface area contributed by atoms with Crippen molar-refractivity contribution in [1.82, 2.24) is 14.8 Å². The molecule has 0 aliphatic rings. The van der Waals surface area contributed by atoms with Gasteiger partial charge in [-0.25, -0.2) is 0 Å². The van der Waals surface area contributed by atoms with Gasteiger partial charge in [0.2, 0.25) is 0 Å². The second-order valence-electron chi connectivity index (χ2n) is 6.38. The molecule has 2 aromatic heterocycles. The minimum absolute atomic E-state index is 0.844. The average Bonchev–Trinajstić information content (AvgIpc) is 3.42. The van der Waals surface area contributed by atoms with Gasteiger partial charge in [-0.3, -0.25) is 4.57 Å². The number of rotatable bonds is 5. The van der Waals surface area contributed by atoms with Crippen LogP contribution >= 0.6 is 23.1 Å². The van der Waals surface area contributed by atoms with E-state index in [1.165, 1.54) is 16.3 Å². The molecule has 0 saturated heterocycles. The number of aromatic nitrogens is 3. The Morgan fingerprint density at radius 2 is 1.61 bits per heavy atom. The zero-order valence-electron chi connectivity index (χ0n) is 15.0. The van der Waals surface area contributed by atoms with Crippen LogP contribution in [-0.4, -0.2) is 14.8 Å². The molecule has 0 aliphatic heterocycles. The second-order valence-corrected chi connectivity index (χ2v) is 8.27. The van der Waals surface area contributed by atoms with Gasteiger partial charge in [-0.15, -0.1) is 21.5 Å². The summed E-state index contributed by atoms with van der Waals surface area (Å²) in [6.45, 7) is 0. The predicted molar refractivity (Wildman–Crippen MR) is 118 cm³/mol. The minimum atomic E-state index is 0.844. The van der Waals surface area contributed by atoms with Crippen LogP contribution in [0.4, 0.5) is 0 Å². The highest BCUT2D eigenvalue weighted by Crippen LogP contribution is 2.32. The summed E-state index contributed by atoms with van der Waals surface area (Å²) in [6, 6.07) is 29.5. The highest BCUT2D eigenvalue weighted by molar-refractivity contribution is 7.98. The molecule has 0 saturated carbocycles. The molecule has 0 amide bonds. The lowest BCUT2D eigenvalue weighted by molar-refractivity contribution is 0.886. The van der Waals surface area contributed by atoms with Crippen LogP contribution in [0.1, 0.15) is 5.56 Å². The quantitative estimate of drug-likeness (QED) is 0.319. The molecule has 28 heavy (non-hydrogen) atoms. The number of para-hydroxylation sites is 1. The number of fused-ring (bicyclic) bond motifs is 1. The minimum Gasteiger partial charge on any atom is -0.269 e. The van der Waals surface area contributed by atoms with Gasteiger partial charge in [-0.05, 0) is 39.9 Å². The molecule has 5 rings (SSSR count). The van der Waals surface area contributed by atoms with Gasteiger partial charge >= 0.3 is 0 Å². The normalized spacial score (nSPS) is 11.1. The Morgan fingerprint density at radius 1 is 0.786 bits per heavy atom. The molecule has 0 atom stereocenters. The highest BCUT2D eigenvalue weighted by atomic mass is 32.2. The van der Waals surface area contributed by atoms with Gasteiger partial charge in [-0.1, -0.05) is 78.5 Å². The third kappa shape index (κ3) is 3.23. The molecule has 3 nitrogen and oxygen atoms in total. The van der Waals surface area contributed by atoms with E-state index in [1.807, 2.05) is 24.3 Å². The molecular formula is C23H17N3S2. The van der Waals surface area contributed by atoms with Crippen LogP contribution in [0.3, 0.4) is 0 Å². The summed E-state index contributed by atoms with van der Waals surface area (Å²) in [5, 5.41) is 14.6. The first kappa shape index (κ1) is 17.2. The number of nitrogens with zero attached hydrogens (tertiary/aromatic N) is 3. The van der Waals surface area contributed by atoms with E-state index in [1.54, 1.807) is 23.1 Å². The zero-order chi connectivity index (χ0) is 18.8. The summed E-state index contributed by atoms with van der Waals surface area (Å²) in [5.74, 6) is 1.73. The van der Waals surface area contributed by atoms with E-state index in [0.717, 1.165) is 27.3 Å². The molecule has 0 aliphatic carbocycles. The maximum absolute atomic E-state index is 4.53. The molecule has 0 spiro atoms. The lowest BCUT2D eigenvalue weighted by Crippen LogP contribution is -1.98. The summed E-state index contributed by atoms with van der Waals surface area (Å²) in [4.78, 5) is 1.12. The molecule has 5 aromatic rings. The van der Waals surface area contributed by atoms with E-state index in [2.05, 4.69) is 80.8 Å². The second kappa shape index (κ2) is 7.62. The van der Waals surface area contributed by atoms with Crippen molar-refractivity contribution < 1.29 is 0 Å². The molecule has 3 aromatic carbocycles. The largest absolute Gasteiger partial charge is 0.269 e. The number of benzene rings is 3. The smallest absolute Gasteiger partial charge is 0.196 e. The van der Waals surface area contributed by atoms with Crippen molar-refractivity contribution in [3.05, 3.63) is 95.9 Å². The third-order valence-electron chi connectivity index (χ3n) is 4.63. The van der Waals surface area contributed by atoms with Crippen LogP contribution in [0.2, 0.25) is 0 Å². The Balaban J connectivity index is 1.53. The molecule has 2 heterocycles. The zero-order valence-corrected chi connectivity index (χ0v) is 16.7. The van der Waals surface area contributed by atoms with E-state index in [4.69, 9.17) is 0 Å². The van der Waals surface area contributed by atoms with Crippen molar-refractivity contribution in [2.75, 3.05) is 0 Å². The summed E-state index contributed by atoms with van der Waals surface area (Å²) >= 11 is 3.40. The molecule has 0 radical (unpaired) electrons. The molecule has 5 heteroatoms. The number of hydrogen-bond acceptors (Lipinski definition) is 4. The fourth-order valence-corrected chi connectivity index (χ4v) is 4.95. The monoisotopic (exact) mass is 399 g/mol. The third-order valence-corrected chi connectivity index (χ3v) is 6.47. The van der Waals surface area contributed by atoms with Crippen LogP contribution < -0.4 is 0 Å². The summed E-state index contributed by atoms with van der Waals surface area (Å²) in [5.41, 5.74) is 2.39. The van der Waals surface area contributed by atoms with Crippen molar-refractivity contribution in [2.45, 2.75) is 10.9 Å². The lowest BCUT2D eigenvalue weighted by Gasteiger charge is -2.10. The Hall–Kier alpha value is -2.89. The first-order chi connectivity index (χ1) is 13.9. The fraction of sp³-hybridized carbons (Fsp3) is 0.0435. The Morgan fingerprint density at radius 3 is 2.46 bits per heavy atom. The average molecular weight is 400 g/mol. The first-order valence-electron chi connectivity index (χ1n) is 9.04. The van der Waals surface area contributed by atoms with Crippen LogP contribution in [0.25, 0.3) is 27.2 Å². The molecule has 0 N–H and O–H groups in total. The van der Waals surface area contributed by atoms with E-state index < -0.39 is 0 Å². The van der Waals surface area contributed by atoms with Crippen molar-refractivity contribution in [3.8, 4) is 16.4 Å². The first-order valence-corrected chi connectivity index (χ1v) is 10.9. The Labute approximate surface area is 171 Å². The van der Waals surface area contributed by atoms with Gasteiger partial charge in [0.15, 0.2) is 11.0 Å². The van der Waals surface area contributed by atoms with Crippen LogP contribution in [0.5, 0.6) is 0 Å². The Bertz CT molecular complexity index is 1210. The highest BCUT2D eigenvalue weighted by Gasteiger charge is 2.17. The predicted octanol–water partition coefficient (Wildman–Crippen LogP) is 6.44. The molecule has 0 bridgehead atoms. The van der Waals surface area contributed by atoms with Crippen LogP contribution in [0, 0.1) is 0 Å².